The molecule has 0 fully saturated rings. The minimum Gasteiger partial charge on any atom is -0.491 e. The first-order valence-electron chi connectivity index (χ1n) is 4.17. The monoisotopic (exact) mass is 211 g/mol. The largest absolute Gasteiger partial charge is 0.491 e. The van der Waals surface area contributed by atoms with Gasteiger partial charge in [0.15, 0.2) is 0 Å². The molecule has 0 aliphatic rings. The van der Waals surface area contributed by atoms with E-state index in [2.05, 4.69) is 4.99 Å². The third kappa shape index (κ3) is 3.60. The van der Waals surface area contributed by atoms with Gasteiger partial charge in [-0.2, -0.15) is 4.99 Å². The highest BCUT2D eigenvalue weighted by Crippen LogP contribution is 2.17. The van der Waals surface area contributed by atoms with Crippen LogP contribution in [0.5, 0.6) is 5.75 Å². The number of ether oxygens (including phenoxy) is 1. The molecule has 0 spiro atoms. The van der Waals surface area contributed by atoms with Crippen molar-refractivity contribution in [2.24, 2.45) is 4.99 Å². The van der Waals surface area contributed by atoms with Gasteiger partial charge in [-0.25, -0.2) is 4.79 Å². The molecule has 0 heterocycles. The summed E-state index contributed by atoms with van der Waals surface area (Å²) in [6, 6.07) is 6.88. The molecule has 1 atom stereocenters. The van der Waals surface area contributed by atoms with Gasteiger partial charge in [-0.15, -0.1) is 0 Å². The van der Waals surface area contributed by atoms with Crippen molar-refractivity contribution >= 4 is 17.7 Å². The fourth-order valence-corrected chi connectivity index (χ4v) is 1.08. The molecule has 0 saturated carbocycles. The highest BCUT2D eigenvalue weighted by molar-refractivity contribution is 6.30. The van der Waals surface area contributed by atoms with E-state index < -0.39 is 0 Å². The molecule has 0 aliphatic heterocycles. The van der Waals surface area contributed by atoms with E-state index >= 15 is 0 Å². The van der Waals surface area contributed by atoms with E-state index in [0.717, 1.165) is 0 Å². The predicted molar refractivity (Wildman–Crippen MR) is 54.5 cm³/mol. The first-order valence-corrected chi connectivity index (χ1v) is 4.55. The molecular formula is C10H10ClNO2. The van der Waals surface area contributed by atoms with Gasteiger partial charge in [0.05, 0.1) is 6.04 Å². The van der Waals surface area contributed by atoms with Gasteiger partial charge in [0, 0.05) is 5.02 Å². The third-order valence-electron chi connectivity index (χ3n) is 1.56. The predicted octanol–water partition coefficient (Wildman–Crippen LogP) is 2.44. The molecule has 0 amide bonds. The van der Waals surface area contributed by atoms with Gasteiger partial charge in [-0.3, -0.25) is 0 Å². The first-order chi connectivity index (χ1) is 6.72. The van der Waals surface area contributed by atoms with Gasteiger partial charge in [-0.05, 0) is 25.1 Å². The summed E-state index contributed by atoms with van der Waals surface area (Å²) in [6.07, 6.45) is 1.48. The Morgan fingerprint density at radius 3 is 3.07 bits per heavy atom. The summed E-state index contributed by atoms with van der Waals surface area (Å²) in [5, 5.41) is 0.619. The van der Waals surface area contributed by atoms with Crippen LogP contribution in [0.25, 0.3) is 0 Å². The Morgan fingerprint density at radius 2 is 2.43 bits per heavy atom. The Bertz CT molecular complexity index is 348. The maximum Gasteiger partial charge on any atom is 0.235 e. The van der Waals surface area contributed by atoms with Crippen molar-refractivity contribution in [3.05, 3.63) is 29.3 Å². The number of aliphatic imine (C=N–C) groups is 1. The summed E-state index contributed by atoms with van der Waals surface area (Å²) >= 11 is 5.76. The van der Waals surface area contributed by atoms with Crippen LogP contribution >= 0.6 is 11.6 Å². The third-order valence-corrected chi connectivity index (χ3v) is 1.80. The van der Waals surface area contributed by atoms with Crippen LogP contribution in [-0.2, 0) is 4.79 Å². The van der Waals surface area contributed by atoms with Gasteiger partial charge in [-0.1, -0.05) is 17.7 Å². The number of carbonyl (C=O) groups excluding carboxylic acids is 1. The summed E-state index contributed by atoms with van der Waals surface area (Å²) in [5.41, 5.74) is 0. The number of hydrogen-bond donors (Lipinski definition) is 0. The van der Waals surface area contributed by atoms with Crippen LogP contribution in [0.15, 0.2) is 29.3 Å². The highest BCUT2D eigenvalue weighted by Gasteiger charge is 2.00. The Hall–Kier alpha value is -1.31. The molecule has 0 aromatic heterocycles. The molecule has 0 aliphatic carbocycles. The molecule has 1 aromatic rings. The van der Waals surface area contributed by atoms with Crippen LogP contribution in [0.2, 0.25) is 5.02 Å². The van der Waals surface area contributed by atoms with E-state index in [0.29, 0.717) is 17.4 Å². The van der Waals surface area contributed by atoms with Crippen LogP contribution in [0.3, 0.4) is 0 Å². The van der Waals surface area contributed by atoms with Gasteiger partial charge in [0.25, 0.3) is 0 Å². The van der Waals surface area contributed by atoms with Crippen molar-refractivity contribution in [2.45, 2.75) is 13.0 Å². The van der Waals surface area contributed by atoms with Gasteiger partial charge < -0.3 is 4.74 Å². The molecule has 3 nitrogen and oxygen atoms in total. The van der Waals surface area contributed by atoms with Crippen molar-refractivity contribution in [1.29, 1.82) is 0 Å². The van der Waals surface area contributed by atoms with Crippen LogP contribution in [0.1, 0.15) is 6.92 Å². The summed E-state index contributed by atoms with van der Waals surface area (Å²) in [5.74, 6) is 0.672. The second-order valence-corrected chi connectivity index (χ2v) is 3.27. The fraction of sp³-hybridized carbons (Fsp3) is 0.300. The molecule has 0 N–H and O–H groups in total. The number of benzene rings is 1. The van der Waals surface area contributed by atoms with Crippen molar-refractivity contribution in [1.82, 2.24) is 0 Å². The summed E-state index contributed by atoms with van der Waals surface area (Å²) in [4.78, 5) is 13.4. The van der Waals surface area contributed by atoms with E-state index in [1.807, 2.05) is 0 Å². The molecular weight excluding hydrogens is 202 g/mol. The zero-order valence-electron chi connectivity index (χ0n) is 7.74. The molecule has 0 bridgehead atoms. The lowest BCUT2D eigenvalue weighted by Crippen LogP contribution is -2.11. The Balaban J connectivity index is 2.49. The summed E-state index contributed by atoms with van der Waals surface area (Å²) < 4.78 is 5.34. The van der Waals surface area contributed by atoms with Crippen LogP contribution in [0, 0.1) is 0 Å². The zero-order valence-corrected chi connectivity index (χ0v) is 8.49. The Labute approximate surface area is 87.4 Å². The molecule has 4 heteroatoms. The fourth-order valence-electron chi connectivity index (χ4n) is 0.901. The zero-order chi connectivity index (χ0) is 10.4. The number of hydrogen-bond acceptors (Lipinski definition) is 3. The first kappa shape index (κ1) is 10.8. The summed E-state index contributed by atoms with van der Waals surface area (Å²) in [6.45, 7) is 2.12. The molecule has 0 saturated heterocycles. The summed E-state index contributed by atoms with van der Waals surface area (Å²) in [7, 11) is 0. The molecule has 74 valence electrons. The lowest BCUT2D eigenvalue weighted by Gasteiger charge is -2.07. The molecule has 1 aromatic carbocycles. The second kappa shape index (κ2) is 5.43. The molecule has 0 radical (unpaired) electrons. The second-order valence-electron chi connectivity index (χ2n) is 2.84. The number of halogens is 1. The Kier molecular flexibility index (Phi) is 4.17. The minimum absolute atomic E-state index is 0.188. The minimum atomic E-state index is -0.188. The average Bonchev–Trinajstić information content (AvgIpc) is 2.15. The number of rotatable bonds is 4. The van der Waals surface area contributed by atoms with Gasteiger partial charge in [0.1, 0.15) is 12.4 Å². The van der Waals surface area contributed by atoms with Gasteiger partial charge >= 0.3 is 0 Å². The number of nitrogens with zero attached hydrogens (tertiary/aromatic N) is 1. The normalized spacial score (nSPS) is 11.6. The van der Waals surface area contributed by atoms with E-state index in [-0.39, 0.29) is 6.04 Å². The van der Waals surface area contributed by atoms with E-state index in [1.165, 1.54) is 6.08 Å². The van der Waals surface area contributed by atoms with E-state index in [1.54, 1.807) is 31.2 Å². The quantitative estimate of drug-likeness (QED) is 0.567. The van der Waals surface area contributed by atoms with E-state index in [9.17, 15) is 4.79 Å². The lowest BCUT2D eigenvalue weighted by atomic mass is 10.3. The molecule has 14 heavy (non-hydrogen) atoms. The van der Waals surface area contributed by atoms with Crippen LogP contribution in [0.4, 0.5) is 0 Å². The van der Waals surface area contributed by atoms with Gasteiger partial charge in [0.2, 0.25) is 6.08 Å². The number of isocyanates is 1. The van der Waals surface area contributed by atoms with Crippen LogP contribution < -0.4 is 4.74 Å². The smallest absolute Gasteiger partial charge is 0.235 e. The highest BCUT2D eigenvalue weighted by atomic mass is 35.5. The van der Waals surface area contributed by atoms with Crippen molar-refractivity contribution in [2.75, 3.05) is 6.61 Å². The lowest BCUT2D eigenvalue weighted by molar-refractivity contribution is 0.297. The van der Waals surface area contributed by atoms with Crippen LogP contribution in [-0.4, -0.2) is 18.7 Å². The van der Waals surface area contributed by atoms with Crippen molar-refractivity contribution in [3.8, 4) is 5.75 Å². The van der Waals surface area contributed by atoms with Crippen molar-refractivity contribution in [3.63, 3.8) is 0 Å². The average molecular weight is 212 g/mol. The maximum atomic E-state index is 9.91. The Morgan fingerprint density at radius 1 is 1.64 bits per heavy atom. The topological polar surface area (TPSA) is 38.7 Å². The molecule has 1 unspecified atom stereocenters. The van der Waals surface area contributed by atoms with Crippen molar-refractivity contribution < 1.29 is 9.53 Å². The molecule has 1 rings (SSSR count). The standard InChI is InChI=1S/C10H10ClNO2/c1-8(12-7-13)6-14-10-4-2-3-9(11)5-10/h2-5,8H,6H2,1H3. The maximum absolute atomic E-state index is 9.91. The SMILES string of the molecule is CC(COc1cccc(Cl)c1)N=C=O. The van der Waals surface area contributed by atoms with E-state index in [4.69, 9.17) is 16.3 Å².